The molecule has 18 heavy (non-hydrogen) atoms. The van der Waals surface area contributed by atoms with Crippen molar-refractivity contribution in [3.63, 3.8) is 0 Å². The minimum absolute atomic E-state index is 0.643. The van der Waals surface area contributed by atoms with Crippen molar-refractivity contribution in [1.82, 2.24) is 0 Å². The van der Waals surface area contributed by atoms with Crippen LogP contribution in [0, 0.1) is 0 Å². The lowest BCUT2D eigenvalue weighted by Crippen LogP contribution is -1.90. The molecule has 1 aliphatic rings. The number of anilines is 1. The second kappa shape index (κ2) is 4.54. The minimum Gasteiger partial charge on any atom is -0.495 e. The zero-order valence-corrected chi connectivity index (χ0v) is 10.9. The van der Waals surface area contributed by atoms with Crippen LogP contribution in [0.3, 0.4) is 0 Å². The summed E-state index contributed by atoms with van der Waals surface area (Å²) in [4.78, 5) is 0. The van der Waals surface area contributed by atoms with Crippen LogP contribution in [0.4, 0.5) is 5.69 Å². The summed E-state index contributed by atoms with van der Waals surface area (Å²) in [5, 5.41) is 4.01. The summed E-state index contributed by atoms with van der Waals surface area (Å²) in [6, 6.07) is 12.4. The molecule has 0 bridgehead atoms. The van der Waals surface area contributed by atoms with E-state index in [1.807, 2.05) is 18.2 Å². The van der Waals surface area contributed by atoms with Gasteiger partial charge in [0.05, 0.1) is 12.1 Å². The Labute approximate surface area is 112 Å². The third kappa shape index (κ3) is 1.93. The average molecular weight is 260 g/mol. The van der Waals surface area contributed by atoms with Crippen LogP contribution in [-0.4, -0.2) is 13.7 Å². The van der Waals surface area contributed by atoms with Crippen molar-refractivity contribution in [3.05, 3.63) is 47.0 Å². The van der Waals surface area contributed by atoms with E-state index >= 15 is 0 Å². The van der Waals surface area contributed by atoms with Gasteiger partial charge in [0.15, 0.2) is 0 Å². The van der Waals surface area contributed by atoms with E-state index in [1.54, 1.807) is 7.11 Å². The molecule has 2 nitrogen and oxygen atoms in total. The standard InChI is InChI=1S/C15H14ClNO/c1-18-15-9-11(2-4-13(15)16)10-3-5-14-12(8-10)6-7-17-14/h2-5,8-9,17H,6-7H2,1H3. The molecule has 1 N–H and O–H groups in total. The highest BCUT2D eigenvalue weighted by Crippen LogP contribution is 2.33. The van der Waals surface area contributed by atoms with Crippen LogP contribution in [0.1, 0.15) is 5.56 Å². The molecule has 0 unspecified atom stereocenters. The molecular weight excluding hydrogens is 246 g/mol. The molecule has 1 aliphatic heterocycles. The molecule has 2 aromatic carbocycles. The van der Waals surface area contributed by atoms with E-state index in [9.17, 15) is 0 Å². The third-order valence-corrected chi connectivity index (χ3v) is 3.61. The number of ether oxygens (including phenoxy) is 1. The van der Waals surface area contributed by atoms with Gasteiger partial charge in [-0.3, -0.25) is 0 Å². The van der Waals surface area contributed by atoms with Crippen molar-refractivity contribution >= 4 is 17.3 Å². The molecule has 0 radical (unpaired) electrons. The molecule has 3 rings (SSSR count). The van der Waals surface area contributed by atoms with Gasteiger partial charge in [0, 0.05) is 12.2 Å². The van der Waals surface area contributed by atoms with Crippen molar-refractivity contribution in [2.24, 2.45) is 0 Å². The van der Waals surface area contributed by atoms with E-state index in [-0.39, 0.29) is 0 Å². The van der Waals surface area contributed by atoms with Crippen LogP contribution in [0.15, 0.2) is 36.4 Å². The summed E-state index contributed by atoms with van der Waals surface area (Å²) in [7, 11) is 1.64. The van der Waals surface area contributed by atoms with Gasteiger partial charge < -0.3 is 10.1 Å². The Kier molecular flexibility index (Phi) is 2.88. The fourth-order valence-corrected chi connectivity index (χ4v) is 2.52. The first-order valence-corrected chi connectivity index (χ1v) is 6.36. The molecule has 2 aromatic rings. The maximum Gasteiger partial charge on any atom is 0.138 e. The summed E-state index contributed by atoms with van der Waals surface area (Å²) >= 11 is 6.04. The quantitative estimate of drug-likeness (QED) is 0.881. The van der Waals surface area contributed by atoms with Gasteiger partial charge in [0.25, 0.3) is 0 Å². The van der Waals surface area contributed by atoms with Gasteiger partial charge in [-0.25, -0.2) is 0 Å². The van der Waals surface area contributed by atoms with E-state index < -0.39 is 0 Å². The van der Waals surface area contributed by atoms with Gasteiger partial charge in [0.1, 0.15) is 5.75 Å². The largest absolute Gasteiger partial charge is 0.495 e. The van der Waals surface area contributed by atoms with Gasteiger partial charge in [-0.1, -0.05) is 23.7 Å². The summed E-state index contributed by atoms with van der Waals surface area (Å²) in [6.45, 7) is 1.03. The first-order chi connectivity index (χ1) is 8.78. The number of fused-ring (bicyclic) bond motifs is 1. The van der Waals surface area contributed by atoms with Gasteiger partial charge in [-0.05, 0) is 47.4 Å². The molecule has 3 heteroatoms. The highest BCUT2D eigenvalue weighted by atomic mass is 35.5. The van der Waals surface area contributed by atoms with E-state index in [1.165, 1.54) is 16.8 Å². The van der Waals surface area contributed by atoms with Crippen molar-refractivity contribution in [1.29, 1.82) is 0 Å². The summed E-state index contributed by atoms with van der Waals surface area (Å²) in [5.41, 5.74) is 4.96. The van der Waals surface area contributed by atoms with Gasteiger partial charge in [-0.15, -0.1) is 0 Å². The maximum atomic E-state index is 6.04. The second-order valence-electron chi connectivity index (χ2n) is 4.40. The lowest BCUT2D eigenvalue weighted by molar-refractivity contribution is 0.415. The van der Waals surface area contributed by atoms with Crippen molar-refractivity contribution in [2.75, 3.05) is 19.0 Å². The molecule has 0 aromatic heterocycles. The second-order valence-corrected chi connectivity index (χ2v) is 4.81. The fraction of sp³-hybridized carbons (Fsp3) is 0.200. The number of hydrogen-bond acceptors (Lipinski definition) is 2. The van der Waals surface area contributed by atoms with Crippen LogP contribution in [0.2, 0.25) is 5.02 Å². The van der Waals surface area contributed by atoms with E-state index in [2.05, 4.69) is 23.5 Å². The van der Waals surface area contributed by atoms with E-state index in [4.69, 9.17) is 16.3 Å². The van der Waals surface area contributed by atoms with Gasteiger partial charge >= 0.3 is 0 Å². The van der Waals surface area contributed by atoms with E-state index in [0.717, 1.165) is 18.5 Å². The Morgan fingerprint density at radius 3 is 2.72 bits per heavy atom. The Morgan fingerprint density at radius 2 is 1.89 bits per heavy atom. The smallest absolute Gasteiger partial charge is 0.138 e. The summed E-state index contributed by atoms with van der Waals surface area (Å²) in [5.74, 6) is 0.716. The number of benzene rings is 2. The lowest BCUT2D eigenvalue weighted by atomic mass is 10.0. The number of hydrogen-bond donors (Lipinski definition) is 1. The molecule has 0 atom stereocenters. The topological polar surface area (TPSA) is 21.3 Å². The first-order valence-electron chi connectivity index (χ1n) is 5.98. The highest BCUT2D eigenvalue weighted by Gasteiger charge is 2.11. The normalized spacial score (nSPS) is 13.0. The number of rotatable bonds is 2. The molecule has 0 amide bonds. The Bertz CT molecular complexity index is 586. The maximum absolute atomic E-state index is 6.04. The van der Waals surface area contributed by atoms with Gasteiger partial charge in [-0.2, -0.15) is 0 Å². The van der Waals surface area contributed by atoms with Crippen molar-refractivity contribution in [2.45, 2.75) is 6.42 Å². The first kappa shape index (κ1) is 11.4. The van der Waals surface area contributed by atoms with Crippen molar-refractivity contribution < 1.29 is 4.74 Å². The number of nitrogens with one attached hydrogen (secondary N) is 1. The zero-order valence-electron chi connectivity index (χ0n) is 10.2. The van der Waals surface area contributed by atoms with E-state index in [0.29, 0.717) is 10.8 Å². The number of methoxy groups -OCH3 is 1. The lowest BCUT2D eigenvalue weighted by Gasteiger charge is -2.08. The van der Waals surface area contributed by atoms with Crippen LogP contribution in [0.5, 0.6) is 5.75 Å². The fourth-order valence-electron chi connectivity index (χ4n) is 2.32. The SMILES string of the molecule is COc1cc(-c2ccc3c(c2)CCN3)ccc1Cl. The van der Waals surface area contributed by atoms with Crippen LogP contribution in [0.25, 0.3) is 11.1 Å². The molecule has 0 spiro atoms. The third-order valence-electron chi connectivity index (χ3n) is 3.30. The predicted octanol–water partition coefficient (Wildman–Crippen LogP) is 3.98. The zero-order chi connectivity index (χ0) is 12.5. The Balaban J connectivity index is 2.04. The molecule has 1 heterocycles. The molecule has 0 saturated heterocycles. The summed E-state index contributed by atoms with van der Waals surface area (Å²) < 4.78 is 5.26. The highest BCUT2D eigenvalue weighted by molar-refractivity contribution is 6.32. The molecule has 0 aliphatic carbocycles. The molecule has 92 valence electrons. The Hall–Kier alpha value is -1.67. The monoisotopic (exact) mass is 259 g/mol. The Morgan fingerprint density at radius 1 is 1.11 bits per heavy atom. The molecular formula is C15H14ClNO. The van der Waals surface area contributed by atoms with Crippen LogP contribution in [-0.2, 0) is 6.42 Å². The van der Waals surface area contributed by atoms with Crippen molar-refractivity contribution in [3.8, 4) is 16.9 Å². The van der Waals surface area contributed by atoms with Crippen LogP contribution >= 0.6 is 11.6 Å². The molecule has 0 saturated carbocycles. The van der Waals surface area contributed by atoms with Crippen LogP contribution < -0.4 is 10.1 Å². The average Bonchev–Trinajstić information content (AvgIpc) is 2.86. The summed E-state index contributed by atoms with van der Waals surface area (Å²) in [6.07, 6.45) is 1.09. The number of halogens is 1. The minimum atomic E-state index is 0.643. The predicted molar refractivity (Wildman–Crippen MR) is 75.6 cm³/mol. The molecule has 0 fully saturated rings. The van der Waals surface area contributed by atoms with Gasteiger partial charge in [0.2, 0.25) is 0 Å².